The topological polar surface area (TPSA) is 81.4 Å². The Balaban J connectivity index is 1.92. The van der Waals surface area contributed by atoms with Gasteiger partial charge in [-0.05, 0) is 43.4 Å². The van der Waals surface area contributed by atoms with Gasteiger partial charge in [0.25, 0.3) is 0 Å². The molecule has 0 heterocycles. The number of sulfonamides is 1. The lowest BCUT2D eigenvalue weighted by atomic mass is 10.1. The van der Waals surface area contributed by atoms with Crippen LogP contribution in [0.15, 0.2) is 23.1 Å². The first kappa shape index (κ1) is 16.4. The second kappa shape index (κ2) is 6.83. The molecule has 0 spiro atoms. The van der Waals surface area contributed by atoms with Crippen LogP contribution in [0.1, 0.15) is 24.0 Å². The molecule has 0 saturated heterocycles. The van der Waals surface area contributed by atoms with Gasteiger partial charge in [0, 0.05) is 18.7 Å². The van der Waals surface area contributed by atoms with Gasteiger partial charge in [0.05, 0.1) is 11.5 Å². The Morgan fingerprint density at radius 2 is 2.19 bits per heavy atom. The van der Waals surface area contributed by atoms with Gasteiger partial charge in [0.15, 0.2) is 0 Å². The van der Waals surface area contributed by atoms with Crippen molar-refractivity contribution >= 4 is 27.2 Å². The molecule has 0 radical (unpaired) electrons. The average molecular weight is 328 g/mol. The van der Waals surface area contributed by atoms with Crippen molar-refractivity contribution in [2.45, 2.75) is 24.7 Å². The largest absolute Gasteiger partial charge is 0.389 e. The highest BCUT2D eigenvalue weighted by atomic mass is 32.2. The van der Waals surface area contributed by atoms with Crippen molar-refractivity contribution in [3.05, 3.63) is 29.3 Å². The monoisotopic (exact) mass is 328 g/mol. The molecule has 0 aliphatic heterocycles. The fourth-order valence-corrected chi connectivity index (χ4v) is 3.33. The Hall–Kier alpha value is -1.02. The van der Waals surface area contributed by atoms with Crippen molar-refractivity contribution in [1.82, 2.24) is 4.72 Å². The van der Waals surface area contributed by atoms with Gasteiger partial charge >= 0.3 is 0 Å². The van der Waals surface area contributed by atoms with Crippen LogP contribution in [-0.2, 0) is 14.8 Å². The number of aryl methyl sites for hydroxylation is 1. The molecule has 5 nitrogen and oxygen atoms in total. The van der Waals surface area contributed by atoms with E-state index in [9.17, 15) is 8.42 Å². The number of rotatable bonds is 8. The third-order valence-electron chi connectivity index (χ3n) is 3.34. The summed E-state index contributed by atoms with van der Waals surface area (Å²) < 4.78 is 32.4. The van der Waals surface area contributed by atoms with Gasteiger partial charge in [0.1, 0.15) is 4.99 Å². The van der Waals surface area contributed by atoms with Gasteiger partial charge < -0.3 is 10.5 Å². The highest BCUT2D eigenvalue weighted by Crippen LogP contribution is 2.28. The predicted octanol–water partition coefficient (Wildman–Crippen LogP) is 1.33. The lowest BCUT2D eigenvalue weighted by Crippen LogP contribution is -2.28. The molecule has 0 unspecified atom stereocenters. The van der Waals surface area contributed by atoms with Crippen LogP contribution in [0.5, 0.6) is 0 Å². The average Bonchev–Trinajstić information content (AvgIpc) is 3.21. The first-order valence-electron chi connectivity index (χ1n) is 6.88. The fourth-order valence-electron chi connectivity index (χ4n) is 1.96. The molecular weight excluding hydrogens is 308 g/mol. The molecular formula is C14H20N2O3S2. The van der Waals surface area contributed by atoms with Crippen molar-refractivity contribution in [1.29, 1.82) is 0 Å². The van der Waals surface area contributed by atoms with Crippen molar-refractivity contribution in [2.75, 3.05) is 19.8 Å². The van der Waals surface area contributed by atoms with Crippen molar-refractivity contribution in [3.8, 4) is 0 Å². The van der Waals surface area contributed by atoms with Crippen LogP contribution >= 0.6 is 12.2 Å². The maximum absolute atomic E-state index is 12.2. The van der Waals surface area contributed by atoms with Crippen molar-refractivity contribution in [3.63, 3.8) is 0 Å². The molecule has 1 fully saturated rings. The third-order valence-corrected chi connectivity index (χ3v) is 5.19. The van der Waals surface area contributed by atoms with E-state index in [1.165, 1.54) is 18.9 Å². The van der Waals surface area contributed by atoms with Crippen molar-refractivity contribution in [2.24, 2.45) is 11.7 Å². The molecule has 21 heavy (non-hydrogen) atoms. The van der Waals surface area contributed by atoms with Gasteiger partial charge in [-0.2, -0.15) is 0 Å². The van der Waals surface area contributed by atoms with E-state index in [1.54, 1.807) is 19.1 Å². The van der Waals surface area contributed by atoms with Crippen LogP contribution in [0.25, 0.3) is 0 Å². The van der Waals surface area contributed by atoms with E-state index >= 15 is 0 Å². The zero-order valence-electron chi connectivity index (χ0n) is 12.0. The lowest BCUT2D eigenvalue weighted by Gasteiger charge is -2.10. The van der Waals surface area contributed by atoms with E-state index in [0.29, 0.717) is 23.7 Å². The minimum atomic E-state index is -3.53. The van der Waals surface area contributed by atoms with Gasteiger partial charge in [-0.3, -0.25) is 0 Å². The fraction of sp³-hybridized carbons (Fsp3) is 0.500. The molecule has 1 aliphatic carbocycles. The molecule has 1 aromatic carbocycles. The Morgan fingerprint density at radius 3 is 2.76 bits per heavy atom. The second-order valence-corrected chi connectivity index (χ2v) is 7.44. The second-order valence-electron chi connectivity index (χ2n) is 5.26. The normalized spacial score (nSPS) is 15.1. The molecule has 2 rings (SSSR count). The van der Waals surface area contributed by atoms with E-state index < -0.39 is 10.0 Å². The maximum Gasteiger partial charge on any atom is 0.240 e. The van der Waals surface area contributed by atoms with Gasteiger partial charge in [-0.15, -0.1) is 0 Å². The van der Waals surface area contributed by atoms with Gasteiger partial charge in [0.2, 0.25) is 10.0 Å². The molecule has 0 atom stereocenters. The summed E-state index contributed by atoms with van der Waals surface area (Å²) >= 11 is 4.88. The minimum absolute atomic E-state index is 0.240. The number of nitrogens with two attached hydrogens (primary N) is 1. The molecule has 3 N–H and O–H groups in total. The molecule has 116 valence electrons. The van der Waals surface area contributed by atoms with Crippen LogP contribution in [0, 0.1) is 12.8 Å². The zero-order chi connectivity index (χ0) is 15.5. The molecule has 0 aromatic heterocycles. The van der Waals surface area contributed by atoms with E-state index in [1.807, 2.05) is 0 Å². The number of hydrogen-bond donors (Lipinski definition) is 2. The number of thiocarbonyl (C=S) groups is 1. The summed E-state index contributed by atoms with van der Waals surface area (Å²) in [6.07, 6.45) is 2.44. The summed E-state index contributed by atoms with van der Waals surface area (Å²) in [7, 11) is -3.53. The SMILES string of the molecule is Cc1cc(C(N)=S)ccc1S(=O)(=O)NCCOCC1CC1. The quantitative estimate of drug-likeness (QED) is 0.556. The van der Waals surface area contributed by atoms with Crippen LogP contribution < -0.4 is 10.5 Å². The Bertz CT molecular complexity index is 625. The first-order chi connectivity index (χ1) is 9.90. The van der Waals surface area contributed by atoms with Crippen molar-refractivity contribution < 1.29 is 13.2 Å². The Labute approximate surface area is 130 Å². The number of benzene rings is 1. The third kappa shape index (κ3) is 4.74. The molecule has 7 heteroatoms. The van der Waals surface area contributed by atoms with Gasteiger partial charge in [-0.1, -0.05) is 18.3 Å². The number of hydrogen-bond acceptors (Lipinski definition) is 4. The summed E-state index contributed by atoms with van der Waals surface area (Å²) in [6.45, 7) is 3.11. The van der Waals surface area contributed by atoms with Gasteiger partial charge in [-0.25, -0.2) is 13.1 Å². The van der Waals surface area contributed by atoms with E-state index in [2.05, 4.69) is 4.72 Å². The van der Waals surface area contributed by atoms with Crippen LogP contribution in [0.3, 0.4) is 0 Å². The maximum atomic E-state index is 12.2. The smallest absolute Gasteiger partial charge is 0.240 e. The molecule has 1 saturated carbocycles. The Kier molecular flexibility index (Phi) is 5.32. The van der Waals surface area contributed by atoms with Crippen LogP contribution in [-0.4, -0.2) is 33.2 Å². The number of nitrogens with one attached hydrogen (secondary N) is 1. The molecule has 0 bridgehead atoms. The summed E-state index contributed by atoms with van der Waals surface area (Å²) in [5.41, 5.74) is 6.81. The highest BCUT2D eigenvalue weighted by Gasteiger charge is 2.21. The summed E-state index contributed by atoms with van der Waals surface area (Å²) in [6, 6.07) is 4.82. The minimum Gasteiger partial charge on any atom is -0.389 e. The Morgan fingerprint density at radius 1 is 1.48 bits per heavy atom. The molecule has 1 aromatic rings. The summed E-state index contributed by atoms with van der Waals surface area (Å²) in [4.78, 5) is 0.494. The molecule has 0 amide bonds. The van der Waals surface area contributed by atoms with E-state index in [4.69, 9.17) is 22.7 Å². The van der Waals surface area contributed by atoms with E-state index in [0.717, 1.165) is 6.61 Å². The zero-order valence-corrected chi connectivity index (χ0v) is 13.6. The van der Waals surface area contributed by atoms with Crippen LogP contribution in [0.4, 0.5) is 0 Å². The predicted molar refractivity (Wildman–Crippen MR) is 85.8 cm³/mol. The highest BCUT2D eigenvalue weighted by molar-refractivity contribution is 7.89. The summed E-state index contributed by atoms with van der Waals surface area (Å²) in [5, 5.41) is 0. The number of ether oxygens (including phenoxy) is 1. The summed E-state index contributed by atoms with van der Waals surface area (Å²) in [5.74, 6) is 0.677. The first-order valence-corrected chi connectivity index (χ1v) is 8.77. The molecule has 1 aliphatic rings. The van der Waals surface area contributed by atoms with Crippen LogP contribution in [0.2, 0.25) is 0 Å². The standard InChI is InChI=1S/C14H20N2O3S2/c1-10-8-12(14(15)20)4-5-13(10)21(17,18)16-6-7-19-9-11-2-3-11/h4-5,8,11,16H,2-3,6-7,9H2,1H3,(H2,15,20). The van der Waals surface area contributed by atoms with E-state index in [-0.39, 0.29) is 16.4 Å². The lowest BCUT2D eigenvalue weighted by molar-refractivity contribution is 0.129.